The number of thioether (sulfide) groups is 1. The predicted octanol–water partition coefficient (Wildman–Crippen LogP) is 3.32. The lowest BCUT2D eigenvalue weighted by Gasteiger charge is -2.25. The highest BCUT2D eigenvalue weighted by Gasteiger charge is 2.17. The predicted molar refractivity (Wildman–Crippen MR) is 80.4 cm³/mol. The second-order valence-corrected chi connectivity index (χ2v) is 5.79. The smallest absolute Gasteiger partial charge is 0.161 e. The first-order valence-electron chi connectivity index (χ1n) is 6.78. The summed E-state index contributed by atoms with van der Waals surface area (Å²) < 4.78 is 10.7. The first-order chi connectivity index (χ1) is 9.28. The Kier molecular flexibility index (Phi) is 5.40. The largest absolute Gasteiger partial charge is 0.493 e. The van der Waals surface area contributed by atoms with Crippen molar-refractivity contribution in [3.8, 4) is 11.5 Å². The third-order valence-electron chi connectivity index (χ3n) is 3.76. The number of rotatable bonds is 7. The minimum Gasteiger partial charge on any atom is -0.493 e. The fourth-order valence-corrected chi connectivity index (χ4v) is 2.96. The summed E-state index contributed by atoms with van der Waals surface area (Å²) in [6, 6.07) is 4.14. The maximum absolute atomic E-state index is 5.37. The Morgan fingerprint density at radius 1 is 1.21 bits per heavy atom. The third kappa shape index (κ3) is 3.57. The number of benzene rings is 1. The second kappa shape index (κ2) is 7.06. The van der Waals surface area contributed by atoms with Gasteiger partial charge in [0.25, 0.3) is 0 Å². The van der Waals surface area contributed by atoms with Crippen molar-refractivity contribution in [3.63, 3.8) is 0 Å². The lowest BCUT2D eigenvalue weighted by molar-refractivity contribution is 0.301. The molecule has 0 aromatic heterocycles. The molecule has 19 heavy (non-hydrogen) atoms. The van der Waals surface area contributed by atoms with Gasteiger partial charge in [-0.1, -0.05) is 6.42 Å². The number of hydrogen-bond acceptors (Lipinski definition) is 4. The average molecular weight is 281 g/mol. The minimum atomic E-state index is 0.801. The summed E-state index contributed by atoms with van der Waals surface area (Å²) in [5, 5.41) is 3.56. The van der Waals surface area contributed by atoms with Crippen LogP contribution in [0.2, 0.25) is 0 Å². The molecule has 4 heteroatoms. The molecule has 3 nitrogen and oxygen atoms in total. The summed E-state index contributed by atoms with van der Waals surface area (Å²) in [4.78, 5) is 1.25. The van der Waals surface area contributed by atoms with Crippen LogP contribution in [0, 0.1) is 5.92 Å². The van der Waals surface area contributed by atoms with Gasteiger partial charge in [0.15, 0.2) is 11.5 Å². The summed E-state index contributed by atoms with van der Waals surface area (Å²) in [6.07, 6.45) is 6.26. The van der Waals surface area contributed by atoms with E-state index in [2.05, 4.69) is 23.7 Å². The summed E-state index contributed by atoms with van der Waals surface area (Å²) in [5.74, 6) is 2.49. The lowest BCUT2D eigenvalue weighted by Crippen LogP contribution is -2.27. The zero-order valence-electron chi connectivity index (χ0n) is 12.0. The van der Waals surface area contributed by atoms with Crippen molar-refractivity contribution in [2.24, 2.45) is 5.92 Å². The molecule has 0 spiro atoms. The molecular formula is C15H23NO2S. The fraction of sp³-hybridized carbons (Fsp3) is 0.600. The van der Waals surface area contributed by atoms with E-state index < -0.39 is 0 Å². The highest BCUT2D eigenvalue weighted by atomic mass is 32.2. The van der Waals surface area contributed by atoms with Gasteiger partial charge in [-0.3, -0.25) is 0 Å². The second-order valence-electron chi connectivity index (χ2n) is 4.95. The van der Waals surface area contributed by atoms with Gasteiger partial charge in [0.05, 0.1) is 14.2 Å². The Bertz CT molecular complexity index is 419. The molecule has 0 radical (unpaired) electrons. The standard InChI is InChI=1S/C15H23NO2S/c1-17-13-7-12(10-16-9-11-5-4-6-11)15(19-3)8-14(13)18-2/h7-8,11,16H,4-6,9-10H2,1-3H3. The number of nitrogens with one attached hydrogen (secondary N) is 1. The maximum Gasteiger partial charge on any atom is 0.161 e. The first-order valence-corrected chi connectivity index (χ1v) is 8.00. The van der Waals surface area contributed by atoms with E-state index in [0.29, 0.717) is 0 Å². The molecule has 1 saturated carbocycles. The topological polar surface area (TPSA) is 30.5 Å². The van der Waals surface area contributed by atoms with E-state index in [9.17, 15) is 0 Å². The molecule has 1 fully saturated rings. The summed E-state index contributed by atoms with van der Waals surface area (Å²) in [5.41, 5.74) is 1.28. The van der Waals surface area contributed by atoms with Crippen LogP contribution in [0.1, 0.15) is 24.8 Å². The van der Waals surface area contributed by atoms with Gasteiger partial charge in [-0.05, 0) is 49.3 Å². The van der Waals surface area contributed by atoms with Crippen molar-refractivity contribution in [2.45, 2.75) is 30.7 Å². The molecule has 0 unspecified atom stereocenters. The fourth-order valence-electron chi connectivity index (χ4n) is 2.34. The van der Waals surface area contributed by atoms with Crippen molar-refractivity contribution >= 4 is 11.8 Å². The molecule has 0 heterocycles. The molecule has 106 valence electrons. The van der Waals surface area contributed by atoms with Crippen LogP contribution in [0.4, 0.5) is 0 Å². The van der Waals surface area contributed by atoms with Gasteiger partial charge in [-0.25, -0.2) is 0 Å². The van der Waals surface area contributed by atoms with Crippen molar-refractivity contribution in [1.29, 1.82) is 0 Å². The monoisotopic (exact) mass is 281 g/mol. The molecule has 1 aliphatic carbocycles. The van der Waals surface area contributed by atoms with Crippen LogP contribution < -0.4 is 14.8 Å². The van der Waals surface area contributed by atoms with Crippen LogP contribution in [0.3, 0.4) is 0 Å². The Hall–Kier alpha value is -0.870. The first kappa shape index (κ1) is 14.5. The molecule has 0 saturated heterocycles. The Morgan fingerprint density at radius 3 is 2.42 bits per heavy atom. The molecule has 0 amide bonds. The summed E-state index contributed by atoms with van der Waals surface area (Å²) in [6.45, 7) is 2.02. The quantitative estimate of drug-likeness (QED) is 0.777. The van der Waals surface area contributed by atoms with Gasteiger partial charge < -0.3 is 14.8 Å². The highest BCUT2D eigenvalue weighted by Crippen LogP contribution is 2.34. The van der Waals surface area contributed by atoms with Crippen LogP contribution in [0.15, 0.2) is 17.0 Å². The zero-order chi connectivity index (χ0) is 13.7. The average Bonchev–Trinajstić information content (AvgIpc) is 2.40. The molecule has 0 aliphatic heterocycles. The van der Waals surface area contributed by atoms with Gasteiger partial charge in [0, 0.05) is 11.4 Å². The van der Waals surface area contributed by atoms with Gasteiger partial charge in [-0.2, -0.15) is 0 Å². The summed E-state index contributed by atoms with van der Waals surface area (Å²) >= 11 is 1.75. The third-order valence-corrected chi connectivity index (χ3v) is 4.58. The number of ether oxygens (including phenoxy) is 2. The zero-order valence-corrected chi connectivity index (χ0v) is 12.8. The van der Waals surface area contributed by atoms with Crippen molar-refractivity contribution < 1.29 is 9.47 Å². The van der Waals surface area contributed by atoms with Crippen LogP contribution in [0.25, 0.3) is 0 Å². The van der Waals surface area contributed by atoms with Gasteiger partial charge in [0.1, 0.15) is 0 Å². The van der Waals surface area contributed by atoms with Gasteiger partial charge in [0.2, 0.25) is 0 Å². The van der Waals surface area contributed by atoms with Crippen LogP contribution in [-0.4, -0.2) is 27.0 Å². The van der Waals surface area contributed by atoms with E-state index in [0.717, 1.165) is 30.5 Å². The molecular weight excluding hydrogens is 258 g/mol. The van der Waals surface area contributed by atoms with Crippen molar-refractivity contribution in [3.05, 3.63) is 17.7 Å². The highest BCUT2D eigenvalue weighted by molar-refractivity contribution is 7.98. The van der Waals surface area contributed by atoms with E-state index in [1.165, 1.54) is 29.7 Å². The molecule has 0 atom stereocenters. The molecule has 1 aliphatic rings. The van der Waals surface area contributed by atoms with Crippen LogP contribution >= 0.6 is 11.8 Å². The number of hydrogen-bond donors (Lipinski definition) is 1. The molecule has 0 bridgehead atoms. The molecule has 1 aromatic carbocycles. The molecule has 1 aromatic rings. The maximum atomic E-state index is 5.37. The van der Waals surface area contributed by atoms with Crippen molar-refractivity contribution in [2.75, 3.05) is 27.0 Å². The van der Waals surface area contributed by atoms with E-state index in [1.54, 1.807) is 26.0 Å². The van der Waals surface area contributed by atoms with E-state index in [-0.39, 0.29) is 0 Å². The number of methoxy groups -OCH3 is 2. The van der Waals surface area contributed by atoms with Crippen LogP contribution in [0.5, 0.6) is 11.5 Å². The lowest BCUT2D eigenvalue weighted by atomic mass is 9.85. The van der Waals surface area contributed by atoms with Crippen LogP contribution in [-0.2, 0) is 6.54 Å². The Balaban J connectivity index is 2.03. The SMILES string of the molecule is COc1cc(CNCC2CCC2)c(SC)cc1OC. The van der Waals surface area contributed by atoms with Crippen molar-refractivity contribution in [1.82, 2.24) is 5.32 Å². The minimum absolute atomic E-state index is 0.801. The van der Waals surface area contributed by atoms with E-state index in [4.69, 9.17) is 9.47 Å². The Morgan fingerprint density at radius 2 is 1.89 bits per heavy atom. The Labute approximate surface area is 120 Å². The summed E-state index contributed by atoms with van der Waals surface area (Å²) in [7, 11) is 3.36. The van der Waals surface area contributed by atoms with Gasteiger partial charge in [-0.15, -0.1) is 11.8 Å². The molecule has 2 rings (SSSR count). The van der Waals surface area contributed by atoms with Gasteiger partial charge >= 0.3 is 0 Å². The van der Waals surface area contributed by atoms with E-state index >= 15 is 0 Å². The van der Waals surface area contributed by atoms with E-state index in [1.807, 2.05) is 0 Å². The molecule has 1 N–H and O–H groups in total. The normalized spacial score (nSPS) is 15.1.